The van der Waals surface area contributed by atoms with E-state index in [-0.39, 0.29) is 0 Å². The molecule has 2 aromatic carbocycles. The fraction of sp³-hybridized carbons (Fsp3) is 0.150. The zero-order chi connectivity index (χ0) is 18.1. The zero-order valence-corrected chi connectivity index (χ0v) is 14.8. The van der Waals surface area contributed by atoms with Crippen LogP contribution in [0.5, 0.6) is 5.75 Å². The van der Waals surface area contributed by atoms with Crippen LogP contribution in [0.1, 0.15) is 11.1 Å². The number of aromatic nitrogens is 4. The van der Waals surface area contributed by atoms with E-state index < -0.39 is 0 Å². The van der Waals surface area contributed by atoms with Crippen molar-refractivity contribution in [1.82, 2.24) is 20.4 Å². The standard InChI is InChI=1S/C20H18N4O2/c1-12-10-16(11-17(25-3)13(12)2)19-18(22-24-23-19)14-4-6-15(7-5-14)20-21-8-9-26-20/h4-11H,1-3H3,(H,22,23,24). The molecule has 0 aliphatic rings. The monoisotopic (exact) mass is 346 g/mol. The van der Waals surface area contributed by atoms with Crippen molar-refractivity contribution in [3.8, 4) is 39.7 Å². The number of nitrogens with one attached hydrogen (secondary N) is 1. The highest BCUT2D eigenvalue weighted by molar-refractivity contribution is 5.79. The van der Waals surface area contributed by atoms with Crippen molar-refractivity contribution in [2.75, 3.05) is 7.11 Å². The Balaban J connectivity index is 1.75. The molecule has 0 amide bonds. The third-order valence-electron chi connectivity index (χ3n) is 4.51. The van der Waals surface area contributed by atoms with Gasteiger partial charge in [0.05, 0.1) is 19.0 Å². The van der Waals surface area contributed by atoms with Crippen molar-refractivity contribution >= 4 is 0 Å². The minimum atomic E-state index is 0.596. The van der Waals surface area contributed by atoms with Gasteiger partial charge < -0.3 is 9.15 Å². The number of ether oxygens (including phenoxy) is 1. The summed E-state index contributed by atoms with van der Waals surface area (Å²) in [5.74, 6) is 1.44. The Morgan fingerprint density at radius 1 is 1.00 bits per heavy atom. The highest BCUT2D eigenvalue weighted by Gasteiger charge is 2.15. The van der Waals surface area contributed by atoms with Gasteiger partial charge in [-0.1, -0.05) is 17.3 Å². The summed E-state index contributed by atoms with van der Waals surface area (Å²) in [6, 6.07) is 12.0. The average Bonchev–Trinajstić information content (AvgIpc) is 3.36. The van der Waals surface area contributed by atoms with E-state index in [2.05, 4.69) is 33.4 Å². The lowest BCUT2D eigenvalue weighted by atomic mass is 9.99. The summed E-state index contributed by atoms with van der Waals surface area (Å²) in [5, 5.41) is 11.3. The summed E-state index contributed by atoms with van der Waals surface area (Å²) >= 11 is 0. The molecular formula is C20H18N4O2. The topological polar surface area (TPSA) is 76.8 Å². The maximum Gasteiger partial charge on any atom is 0.225 e. The summed E-state index contributed by atoms with van der Waals surface area (Å²) < 4.78 is 10.8. The number of rotatable bonds is 4. The Morgan fingerprint density at radius 2 is 1.77 bits per heavy atom. The van der Waals surface area contributed by atoms with Gasteiger partial charge in [-0.2, -0.15) is 0 Å². The second kappa shape index (κ2) is 6.48. The molecule has 2 aromatic heterocycles. The quantitative estimate of drug-likeness (QED) is 0.592. The summed E-state index contributed by atoms with van der Waals surface area (Å²) in [4.78, 5) is 4.17. The van der Waals surface area contributed by atoms with E-state index in [4.69, 9.17) is 9.15 Å². The SMILES string of the molecule is COc1cc(-c2nn[nH]c2-c2ccc(-c3ncco3)cc2)cc(C)c1C. The second-order valence-corrected chi connectivity index (χ2v) is 6.07. The molecule has 0 unspecified atom stereocenters. The molecule has 0 radical (unpaired) electrons. The first-order valence-corrected chi connectivity index (χ1v) is 8.24. The summed E-state index contributed by atoms with van der Waals surface area (Å²) in [5.41, 5.74) is 6.78. The van der Waals surface area contributed by atoms with E-state index in [1.54, 1.807) is 19.6 Å². The number of hydrogen-bond acceptors (Lipinski definition) is 5. The predicted octanol–water partition coefficient (Wildman–Crippen LogP) is 4.42. The maximum atomic E-state index is 5.49. The van der Waals surface area contributed by atoms with Gasteiger partial charge in [0.2, 0.25) is 5.89 Å². The van der Waals surface area contributed by atoms with E-state index in [0.717, 1.165) is 45.0 Å². The number of methoxy groups -OCH3 is 1. The Labute approximate surface area is 150 Å². The lowest BCUT2D eigenvalue weighted by molar-refractivity contribution is 0.411. The van der Waals surface area contributed by atoms with Crippen LogP contribution >= 0.6 is 0 Å². The number of benzene rings is 2. The van der Waals surface area contributed by atoms with Gasteiger partial charge in [0, 0.05) is 16.7 Å². The number of oxazole rings is 1. The van der Waals surface area contributed by atoms with Crippen LogP contribution in [0.3, 0.4) is 0 Å². The molecule has 0 atom stereocenters. The molecule has 4 rings (SSSR count). The van der Waals surface area contributed by atoms with E-state index in [0.29, 0.717) is 5.89 Å². The molecule has 0 fully saturated rings. The van der Waals surface area contributed by atoms with E-state index in [9.17, 15) is 0 Å². The van der Waals surface area contributed by atoms with Crippen LogP contribution in [0.4, 0.5) is 0 Å². The van der Waals surface area contributed by atoms with Gasteiger partial charge in [0.1, 0.15) is 17.7 Å². The molecule has 0 aliphatic carbocycles. The van der Waals surface area contributed by atoms with Crippen LogP contribution in [0, 0.1) is 13.8 Å². The number of aromatic amines is 1. The molecule has 6 nitrogen and oxygen atoms in total. The van der Waals surface area contributed by atoms with E-state index in [1.165, 1.54) is 0 Å². The third-order valence-corrected chi connectivity index (χ3v) is 4.51. The summed E-state index contributed by atoms with van der Waals surface area (Å²) in [6.45, 7) is 4.11. The Bertz CT molecular complexity index is 1030. The highest BCUT2D eigenvalue weighted by Crippen LogP contribution is 2.34. The first-order chi connectivity index (χ1) is 12.7. The number of H-pyrrole nitrogens is 1. The van der Waals surface area contributed by atoms with Crippen LogP contribution < -0.4 is 4.74 Å². The summed E-state index contributed by atoms with van der Waals surface area (Å²) in [6.07, 6.45) is 3.19. The van der Waals surface area contributed by atoms with Gasteiger partial charge in [0.25, 0.3) is 0 Å². The van der Waals surface area contributed by atoms with Gasteiger partial charge in [-0.05, 0) is 49.2 Å². The largest absolute Gasteiger partial charge is 0.496 e. The molecular weight excluding hydrogens is 328 g/mol. The van der Waals surface area contributed by atoms with Crippen molar-refractivity contribution in [3.63, 3.8) is 0 Å². The van der Waals surface area contributed by atoms with Crippen LogP contribution in [0.15, 0.2) is 53.3 Å². The molecule has 6 heteroatoms. The lowest BCUT2D eigenvalue weighted by Gasteiger charge is -2.10. The predicted molar refractivity (Wildman–Crippen MR) is 98.8 cm³/mol. The van der Waals surface area contributed by atoms with Crippen molar-refractivity contribution in [2.24, 2.45) is 0 Å². The average molecular weight is 346 g/mol. The van der Waals surface area contributed by atoms with Crippen LogP contribution in [-0.2, 0) is 0 Å². The minimum absolute atomic E-state index is 0.596. The van der Waals surface area contributed by atoms with Crippen LogP contribution in [0.25, 0.3) is 34.0 Å². The molecule has 0 saturated carbocycles. The van der Waals surface area contributed by atoms with Gasteiger partial charge >= 0.3 is 0 Å². The fourth-order valence-corrected chi connectivity index (χ4v) is 2.95. The van der Waals surface area contributed by atoms with Gasteiger partial charge in [-0.3, -0.25) is 5.10 Å². The Hall–Kier alpha value is -3.41. The van der Waals surface area contributed by atoms with Crippen molar-refractivity contribution in [3.05, 3.63) is 60.0 Å². The smallest absolute Gasteiger partial charge is 0.225 e. The minimum Gasteiger partial charge on any atom is -0.496 e. The number of hydrogen-bond donors (Lipinski definition) is 1. The first-order valence-electron chi connectivity index (χ1n) is 8.24. The highest BCUT2D eigenvalue weighted by atomic mass is 16.5. The summed E-state index contributed by atoms with van der Waals surface area (Å²) in [7, 11) is 1.68. The first kappa shape index (κ1) is 16.1. The lowest BCUT2D eigenvalue weighted by Crippen LogP contribution is -1.93. The van der Waals surface area contributed by atoms with Crippen LogP contribution in [0.2, 0.25) is 0 Å². The molecule has 130 valence electrons. The van der Waals surface area contributed by atoms with E-state index in [1.807, 2.05) is 37.3 Å². The molecule has 0 spiro atoms. The molecule has 26 heavy (non-hydrogen) atoms. The number of nitrogens with zero attached hydrogens (tertiary/aromatic N) is 3. The van der Waals surface area contributed by atoms with Crippen molar-refractivity contribution < 1.29 is 9.15 Å². The molecule has 4 aromatic rings. The Kier molecular flexibility index (Phi) is 4.01. The fourth-order valence-electron chi connectivity index (χ4n) is 2.95. The number of aryl methyl sites for hydroxylation is 1. The van der Waals surface area contributed by atoms with Crippen molar-refractivity contribution in [1.29, 1.82) is 0 Å². The zero-order valence-electron chi connectivity index (χ0n) is 14.8. The third kappa shape index (κ3) is 2.75. The molecule has 0 saturated heterocycles. The maximum absolute atomic E-state index is 5.49. The Morgan fingerprint density at radius 3 is 2.46 bits per heavy atom. The van der Waals surface area contributed by atoms with Crippen LogP contribution in [-0.4, -0.2) is 27.5 Å². The van der Waals surface area contributed by atoms with Gasteiger partial charge in [-0.25, -0.2) is 4.98 Å². The normalized spacial score (nSPS) is 10.9. The molecule has 2 heterocycles. The molecule has 0 aliphatic heterocycles. The van der Waals surface area contributed by atoms with Gasteiger partial charge in [0.15, 0.2) is 0 Å². The molecule has 1 N–H and O–H groups in total. The van der Waals surface area contributed by atoms with Crippen molar-refractivity contribution in [2.45, 2.75) is 13.8 Å². The molecule has 0 bridgehead atoms. The van der Waals surface area contributed by atoms with E-state index >= 15 is 0 Å². The van der Waals surface area contributed by atoms with Gasteiger partial charge in [-0.15, -0.1) is 5.10 Å². The second-order valence-electron chi connectivity index (χ2n) is 6.07.